The molecule has 0 aliphatic carbocycles. The average Bonchev–Trinajstić information content (AvgIpc) is 3.75. The molecule has 5 nitrogen and oxygen atoms in total. The summed E-state index contributed by atoms with van der Waals surface area (Å²) in [5, 5.41) is 3.35. The number of para-hydroxylation sites is 4. The van der Waals surface area contributed by atoms with Crippen molar-refractivity contribution in [3.63, 3.8) is 0 Å². The lowest BCUT2D eigenvalue weighted by molar-refractivity contribution is 0.934. The van der Waals surface area contributed by atoms with Crippen molar-refractivity contribution in [3.05, 3.63) is 152 Å². The standard InChI is InChI=1S/C38H25N5/c1-4-14-26(15-5-1)35-25-39-38(42(35)28-18-8-3-9-19-28)43-32-22-12-10-20-29(32)31-24-34-36(40-37(31)43)30-21-11-13-23-33(30)41(34)27-16-6-2-7-17-27/h1-25H. The quantitative estimate of drug-likeness (QED) is 0.219. The van der Waals surface area contributed by atoms with E-state index < -0.39 is 0 Å². The van der Waals surface area contributed by atoms with Gasteiger partial charge in [0.25, 0.3) is 0 Å². The van der Waals surface area contributed by atoms with Crippen LogP contribution in [0.15, 0.2) is 152 Å². The van der Waals surface area contributed by atoms with E-state index in [9.17, 15) is 0 Å². The number of benzene rings is 5. The Morgan fingerprint density at radius 2 is 1.00 bits per heavy atom. The first-order valence-corrected chi connectivity index (χ1v) is 14.4. The highest BCUT2D eigenvalue weighted by molar-refractivity contribution is 6.15. The highest BCUT2D eigenvalue weighted by Crippen LogP contribution is 2.38. The molecule has 9 rings (SSSR count). The lowest BCUT2D eigenvalue weighted by atomic mass is 10.1. The molecule has 0 saturated carbocycles. The molecule has 0 spiro atoms. The van der Waals surface area contributed by atoms with E-state index in [-0.39, 0.29) is 0 Å². The van der Waals surface area contributed by atoms with Crippen molar-refractivity contribution in [2.75, 3.05) is 0 Å². The first-order chi connectivity index (χ1) is 21.4. The zero-order valence-corrected chi connectivity index (χ0v) is 23.2. The van der Waals surface area contributed by atoms with Crippen LogP contribution in [0.1, 0.15) is 0 Å². The third-order valence-electron chi connectivity index (χ3n) is 8.31. The summed E-state index contributed by atoms with van der Waals surface area (Å²) >= 11 is 0. The van der Waals surface area contributed by atoms with Crippen molar-refractivity contribution < 1.29 is 0 Å². The SMILES string of the molecule is c1ccc(-c2cnc(-n3c4ccccc4c4cc5c(nc43)c3ccccc3n5-c3ccccc3)n2-c2ccccc2)cc1. The number of hydrogen-bond donors (Lipinski definition) is 0. The fraction of sp³-hybridized carbons (Fsp3) is 0. The van der Waals surface area contributed by atoms with Gasteiger partial charge in [-0.05, 0) is 42.5 Å². The summed E-state index contributed by atoms with van der Waals surface area (Å²) in [5.41, 5.74) is 9.42. The van der Waals surface area contributed by atoms with Crippen molar-refractivity contribution in [3.8, 4) is 28.6 Å². The Hall–Kier alpha value is -5.94. The third kappa shape index (κ3) is 3.52. The van der Waals surface area contributed by atoms with Crippen molar-refractivity contribution in [2.24, 2.45) is 0 Å². The van der Waals surface area contributed by atoms with Gasteiger partial charge in [-0.1, -0.05) is 103 Å². The second-order valence-electron chi connectivity index (χ2n) is 10.7. The highest BCUT2D eigenvalue weighted by Gasteiger charge is 2.23. The molecule has 0 N–H and O–H groups in total. The van der Waals surface area contributed by atoms with Crippen LogP contribution >= 0.6 is 0 Å². The Morgan fingerprint density at radius 3 is 1.70 bits per heavy atom. The van der Waals surface area contributed by atoms with Gasteiger partial charge >= 0.3 is 0 Å². The molecular weight excluding hydrogens is 526 g/mol. The van der Waals surface area contributed by atoms with E-state index in [1.807, 2.05) is 18.3 Å². The van der Waals surface area contributed by atoms with Gasteiger partial charge in [0.05, 0.1) is 34.0 Å². The lowest BCUT2D eigenvalue weighted by Crippen LogP contribution is -2.07. The normalized spacial score (nSPS) is 11.7. The van der Waals surface area contributed by atoms with Crippen LogP contribution in [0.25, 0.3) is 72.5 Å². The van der Waals surface area contributed by atoms with E-state index in [0.29, 0.717) is 0 Å². The topological polar surface area (TPSA) is 40.6 Å². The Kier molecular flexibility index (Phi) is 5.13. The van der Waals surface area contributed by atoms with E-state index in [1.165, 1.54) is 0 Å². The molecule has 0 unspecified atom stereocenters. The van der Waals surface area contributed by atoms with Gasteiger partial charge in [0.2, 0.25) is 5.95 Å². The fourth-order valence-corrected chi connectivity index (χ4v) is 6.44. The number of rotatable bonds is 4. The van der Waals surface area contributed by atoms with E-state index >= 15 is 0 Å². The van der Waals surface area contributed by atoms with E-state index in [4.69, 9.17) is 9.97 Å². The summed E-state index contributed by atoms with van der Waals surface area (Å²) in [6.45, 7) is 0. The van der Waals surface area contributed by atoms with E-state index in [0.717, 1.165) is 72.5 Å². The van der Waals surface area contributed by atoms with Crippen LogP contribution in [0.4, 0.5) is 0 Å². The van der Waals surface area contributed by atoms with Gasteiger partial charge in [0.1, 0.15) is 5.65 Å². The van der Waals surface area contributed by atoms with Gasteiger partial charge in [-0.3, -0.25) is 9.13 Å². The fourth-order valence-electron chi connectivity index (χ4n) is 6.44. The molecule has 5 aromatic carbocycles. The maximum Gasteiger partial charge on any atom is 0.221 e. The Morgan fingerprint density at radius 1 is 0.442 bits per heavy atom. The first-order valence-electron chi connectivity index (χ1n) is 14.4. The van der Waals surface area contributed by atoms with Crippen LogP contribution < -0.4 is 0 Å². The number of pyridine rings is 1. The average molecular weight is 552 g/mol. The summed E-state index contributed by atoms with van der Waals surface area (Å²) in [4.78, 5) is 10.6. The zero-order chi connectivity index (χ0) is 28.3. The van der Waals surface area contributed by atoms with E-state index in [2.05, 4.69) is 147 Å². The molecule has 0 atom stereocenters. The molecule has 0 aliphatic heterocycles. The second kappa shape index (κ2) is 9.29. The lowest BCUT2D eigenvalue weighted by Gasteiger charge is -2.14. The summed E-state index contributed by atoms with van der Waals surface area (Å²) in [7, 11) is 0. The number of aromatic nitrogens is 5. The number of imidazole rings is 1. The highest BCUT2D eigenvalue weighted by atomic mass is 15.3. The van der Waals surface area contributed by atoms with Crippen molar-refractivity contribution in [1.29, 1.82) is 0 Å². The van der Waals surface area contributed by atoms with Crippen LogP contribution in [-0.2, 0) is 0 Å². The van der Waals surface area contributed by atoms with Crippen molar-refractivity contribution >= 4 is 43.9 Å². The summed E-state index contributed by atoms with van der Waals surface area (Å²) < 4.78 is 6.78. The van der Waals surface area contributed by atoms with Gasteiger partial charge in [0, 0.05) is 33.1 Å². The van der Waals surface area contributed by atoms with Gasteiger partial charge in [-0.25, -0.2) is 9.97 Å². The Balaban J connectivity index is 1.42. The zero-order valence-electron chi connectivity index (χ0n) is 23.2. The van der Waals surface area contributed by atoms with Crippen molar-refractivity contribution in [2.45, 2.75) is 0 Å². The predicted octanol–water partition coefficient (Wildman–Crippen LogP) is 9.13. The molecule has 0 radical (unpaired) electrons. The van der Waals surface area contributed by atoms with Gasteiger partial charge < -0.3 is 4.57 Å². The minimum Gasteiger partial charge on any atom is -0.308 e. The molecule has 0 saturated heterocycles. The molecule has 202 valence electrons. The van der Waals surface area contributed by atoms with Gasteiger partial charge in [-0.2, -0.15) is 0 Å². The van der Waals surface area contributed by atoms with Gasteiger partial charge in [-0.15, -0.1) is 0 Å². The maximum atomic E-state index is 5.47. The van der Waals surface area contributed by atoms with Crippen LogP contribution in [-0.4, -0.2) is 23.7 Å². The molecular formula is C38H25N5. The molecule has 0 amide bonds. The van der Waals surface area contributed by atoms with Crippen LogP contribution in [0.3, 0.4) is 0 Å². The van der Waals surface area contributed by atoms with E-state index in [1.54, 1.807) is 0 Å². The largest absolute Gasteiger partial charge is 0.308 e. The third-order valence-corrected chi connectivity index (χ3v) is 8.31. The molecule has 0 fully saturated rings. The van der Waals surface area contributed by atoms with Crippen molar-refractivity contribution in [1.82, 2.24) is 23.7 Å². The Labute approximate surface area is 247 Å². The minimum atomic E-state index is 0.801. The predicted molar refractivity (Wildman–Crippen MR) is 175 cm³/mol. The molecule has 0 aliphatic rings. The molecule has 4 heterocycles. The number of fused-ring (bicyclic) bond motifs is 6. The molecule has 0 bridgehead atoms. The summed E-state index contributed by atoms with van der Waals surface area (Å²) in [6.07, 6.45) is 1.97. The molecule has 9 aromatic rings. The van der Waals surface area contributed by atoms with Gasteiger partial charge in [0.15, 0.2) is 0 Å². The molecule has 4 aromatic heterocycles. The molecule has 5 heteroatoms. The van der Waals surface area contributed by atoms with Crippen LogP contribution in [0.5, 0.6) is 0 Å². The monoisotopic (exact) mass is 551 g/mol. The first kappa shape index (κ1) is 23.7. The second-order valence-corrected chi connectivity index (χ2v) is 10.7. The maximum absolute atomic E-state index is 5.47. The molecule has 43 heavy (non-hydrogen) atoms. The summed E-state index contributed by atoms with van der Waals surface area (Å²) in [6, 6.07) is 50.8. The smallest absolute Gasteiger partial charge is 0.221 e. The minimum absolute atomic E-state index is 0.801. The van der Waals surface area contributed by atoms with Crippen LogP contribution in [0, 0.1) is 0 Å². The Bertz CT molecular complexity index is 2430. The van der Waals surface area contributed by atoms with Crippen LogP contribution in [0.2, 0.25) is 0 Å². The number of hydrogen-bond acceptors (Lipinski definition) is 2. The number of nitrogens with zero attached hydrogens (tertiary/aromatic N) is 5. The summed E-state index contributed by atoms with van der Waals surface area (Å²) in [5.74, 6) is 0.801.